The highest BCUT2D eigenvalue weighted by molar-refractivity contribution is 6.32. The molecule has 0 amide bonds. The van der Waals surface area contributed by atoms with E-state index in [0.717, 1.165) is 12.1 Å². The third-order valence-electron chi connectivity index (χ3n) is 2.30. The topological polar surface area (TPSA) is 21.3 Å². The molecule has 1 aromatic rings. The Morgan fingerprint density at radius 3 is 2.61 bits per heavy atom. The Labute approximate surface area is 115 Å². The smallest absolute Gasteiger partial charge is 0.149 e. The maximum atomic E-state index is 6.16. The molecule has 0 fully saturated rings. The number of hydrogen-bond acceptors (Lipinski definition) is 2. The van der Waals surface area contributed by atoms with E-state index >= 15 is 0 Å². The van der Waals surface area contributed by atoms with Crippen LogP contribution in [0.4, 0.5) is 0 Å². The quantitative estimate of drug-likeness (QED) is 0.840. The van der Waals surface area contributed by atoms with Crippen molar-refractivity contribution in [3.8, 4) is 17.6 Å². The van der Waals surface area contributed by atoms with Crippen LogP contribution < -0.4 is 10.1 Å². The number of hydrogen-bond donors (Lipinski definition) is 1. The van der Waals surface area contributed by atoms with Crippen LogP contribution in [0.1, 0.15) is 33.3 Å². The molecule has 0 radical (unpaired) electrons. The Bertz CT molecular complexity index is 452. The summed E-state index contributed by atoms with van der Waals surface area (Å²) in [5.74, 6) is 6.30. The zero-order valence-corrected chi connectivity index (χ0v) is 12.2. The average Bonchev–Trinajstić information content (AvgIpc) is 2.28. The number of halogens is 1. The van der Waals surface area contributed by atoms with Gasteiger partial charge in [-0.05, 0) is 45.4 Å². The molecule has 0 aliphatic carbocycles. The Balaban J connectivity index is 2.63. The minimum atomic E-state index is 0.0956. The van der Waals surface area contributed by atoms with Gasteiger partial charge in [0, 0.05) is 12.1 Å². The molecule has 2 nitrogen and oxygen atoms in total. The van der Waals surface area contributed by atoms with Crippen LogP contribution in [-0.2, 0) is 6.54 Å². The minimum Gasteiger partial charge on any atom is -0.479 e. The summed E-state index contributed by atoms with van der Waals surface area (Å²) in [5, 5.41) is 4.04. The third-order valence-corrected chi connectivity index (χ3v) is 2.59. The van der Waals surface area contributed by atoms with Crippen molar-refractivity contribution in [2.24, 2.45) is 0 Å². The van der Waals surface area contributed by atoms with Crippen LogP contribution in [0.5, 0.6) is 5.75 Å². The van der Waals surface area contributed by atoms with Crippen molar-refractivity contribution in [2.45, 2.75) is 39.8 Å². The number of rotatable bonds is 4. The van der Waals surface area contributed by atoms with E-state index in [1.807, 2.05) is 18.2 Å². The molecule has 0 aliphatic heterocycles. The van der Waals surface area contributed by atoms with Gasteiger partial charge in [-0.15, -0.1) is 5.92 Å². The van der Waals surface area contributed by atoms with E-state index in [4.69, 9.17) is 16.3 Å². The molecule has 0 atom stereocenters. The molecule has 0 bridgehead atoms. The highest BCUT2D eigenvalue weighted by atomic mass is 35.5. The lowest BCUT2D eigenvalue weighted by Crippen LogP contribution is -2.35. The SMILES string of the molecule is CC#CCOc1ccc(CNC(C)(C)C)cc1Cl. The molecule has 1 rings (SSSR count). The largest absolute Gasteiger partial charge is 0.479 e. The molecule has 0 heterocycles. The van der Waals surface area contributed by atoms with Gasteiger partial charge in [0.05, 0.1) is 5.02 Å². The molecule has 0 aliphatic rings. The molecule has 1 N–H and O–H groups in total. The molecule has 0 saturated carbocycles. The fraction of sp³-hybridized carbons (Fsp3) is 0.467. The van der Waals surface area contributed by atoms with Crippen molar-refractivity contribution in [3.63, 3.8) is 0 Å². The Morgan fingerprint density at radius 1 is 1.33 bits per heavy atom. The second kappa shape index (κ2) is 6.68. The van der Waals surface area contributed by atoms with Crippen molar-refractivity contribution in [1.29, 1.82) is 0 Å². The van der Waals surface area contributed by atoms with E-state index in [-0.39, 0.29) is 5.54 Å². The van der Waals surface area contributed by atoms with Crippen molar-refractivity contribution < 1.29 is 4.74 Å². The van der Waals surface area contributed by atoms with Gasteiger partial charge < -0.3 is 10.1 Å². The lowest BCUT2D eigenvalue weighted by atomic mass is 10.1. The number of ether oxygens (including phenoxy) is 1. The number of benzene rings is 1. The summed E-state index contributed by atoms with van der Waals surface area (Å²) in [6, 6.07) is 5.83. The van der Waals surface area contributed by atoms with E-state index < -0.39 is 0 Å². The molecule has 98 valence electrons. The summed E-state index contributed by atoms with van der Waals surface area (Å²) in [7, 11) is 0. The van der Waals surface area contributed by atoms with E-state index in [1.165, 1.54) is 0 Å². The summed E-state index contributed by atoms with van der Waals surface area (Å²) in [5.41, 5.74) is 1.24. The summed E-state index contributed by atoms with van der Waals surface area (Å²) in [4.78, 5) is 0. The van der Waals surface area contributed by atoms with Crippen molar-refractivity contribution in [1.82, 2.24) is 5.32 Å². The van der Waals surface area contributed by atoms with Crippen molar-refractivity contribution >= 4 is 11.6 Å². The molecule has 0 unspecified atom stereocenters. The van der Waals surface area contributed by atoms with Crippen LogP contribution >= 0.6 is 11.6 Å². The standard InChI is InChI=1S/C15H20ClNO/c1-5-6-9-18-14-8-7-12(10-13(14)16)11-17-15(2,3)4/h7-8,10,17H,9,11H2,1-4H3. The normalized spacial score (nSPS) is 10.7. The van der Waals surface area contributed by atoms with Crippen LogP contribution in [0.25, 0.3) is 0 Å². The zero-order valence-electron chi connectivity index (χ0n) is 11.4. The summed E-state index contributed by atoms with van der Waals surface area (Å²) in [6.07, 6.45) is 0. The molecular formula is C15H20ClNO. The van der Waals surface area contributed by atoms with Crippen LogP contribution in [0.15, 0.2) is 18.2 Å². The summed E-state index contributed by atoms with van der Waals surface area (Å²) >= 11 is 6.16. The minimum absolute atomic E-state index is 0.0956. The summed E-state index contributed by atoms with van der Waals surface area (Å²) in [6.45, 7) is 9.35. The molecule has 0 saturated heterocycles. The van der Waals surface area contributed by atoms with Crippen LogP contribution in [0.3, 0.4) is 0 Å². The number of nitrogens with one attached hydrogen (secondary N) is 1. The van der Waals surface area contributed by atoms with Crippen molar-refractivity contribution in [3.05, 3.63) is 28.8 Å². The first-order valence-corrected chi connectivity index (χ1v) is 6.36. The first kappa shape index (κ1) is 14.9. The summed E-state index contributed by atoms with van der Waals surface area (Å²) < 4.78 is 5.45. The van der Waals surface area contributed by atoms with Gasteiger partial charge in [-0.2, -0.15) is 0 Å². The predicted molar refractivity (Wildman–Crippen MR) is 77.0 cm³/mol. The first-order chi connectivity index (χ1) is 8.42. The molecule has 3 heteroatoms. The van der Waals surface area contributed by atoms with Crippen LogP contribution in [0.2, 0.25) is 5.02 Å². The van der Waals surface area contributed by atoms with Crippen LogP contribution in [0, 0.1) is 11.8 Å². The fourth-order valence-electron chi connectivity index (χ4n) is 1.32. The van der Waals surface area contributed by atoms with Gasteiger partial charge in [-0.1, -0.05) is 23.6 Å². The lowest BCUT2D eigenvalue weighted by Gasteiger charge is -2.20. The molecule has 1 aromatic carbocycles. The molecule has 0 aromatic heterocycles. The van der Waals surface area contributed by atoms with Gasteiger partial charge >= 0.3 is 0 Å². The Morgan fingerprint density at radius 2 is 2.06 bits per heavy atom. The predicted octanol–water partition coefficient (Wildman–Crippen LogP) is 3.63. The second-order valence-corrected chi connectivity index (χ2v) is 5.49. The third kappa shape index (κ3) is 5.44. The first-order valence-electron chi connectivity index (χ1n) is 5.98. The highest BCUT2D eigenvalue weighted by Gasteiger charge is 2.09. The Kier molecular flexibility index (Phi) is 5.53. The van der Waals surface area contributed by atoms with E-state index in [0.29, 0.717) is 17.4 Å². The Hall–Kier alpha value is -1.17. The van der Waals surface area contributed by atoms with E-state index in [9.17, 15) is 0 Å². The molecular weight excluding hydrogens is 246 g/mol. The monoisotopic (exact) mass is 265 g/mol. The van der Waals surface area contributed by atoms with Gasteiger partial charge in [-0.3, -0.25) is 0 Å². The van der Waals surface area contributed by atoms with Crippen LogP contribution in [-0.4, -0.2) is 12.1 Å². The van der Waals surface area contributed by atoms with Crippen molar-refractivity contribution in [2.75, 3.05) is 6.61 Å². The van der Waals surface area contributed by atoms with Gasteiger partial charge in [0.2, 0.25) is 0 Å². The van der Waals surface area contributed by atoms with Gasteiger partial charge in [0.25, 0.3) is 0 Å². The zero-order chi connectivity index (χ0) is 13.6. The highest BCUT2D eigenvalue weighted by Crippen LogP contribution is 2.25. The fourth-order valence-corrected chi connectivity index (χ4v) is 1.58. The van der Waals surface area contributed by atoms with Gasteiger partial charge in [0.15, 0.2) is 0 Å². The molecule has 0 spiro atoms. The maximum absolute atomic E-state index is 6.16. The van der Waals surface area contributed by atoms with E-state index in [1.54, 1.807) is 6.92 Å². The lowest BCUT2D eigenvalue weighted by molar-refractivity contribution is 0.370. The average molecular weight is 266 g/mol. The van der Waals surface area contributed by atoms with E-state index in [2.05, 4.69) is 37.9 Å². The maximum Gasteiger partial charge on any atom is 0.149 e. The molecule has 18 heavy (non-hydrogen) atoms. The second-order valence-electron chi connectivity index (χ2n) is 5.08. The van der Waals surface area contributed by atoms with Gasteiger partial charge in [-0.25, -0.2) is 0 Å². The van der Waals surface area contributed by atoms with Gasteiger partial charge in [0.1, 0.15) is 12.4 Å².